The Morgan fingerprint density at radius 1 is 1.10 bits per heavy atom. The fraction of sp³-hybridized carbons (Fsp3) is 0.529. The van der Waals surface area contributed by atoms with Crippen LogP contribution in [-0.4, -0.2) is 28.9 Å². The monoisotopic (exact) mass is 289 g/mol. The van der Waals surface area contributed by atoms with Crippen LogP contribution in [0, 0.1) is 6.92 Å². The Bertz CT molecular complexity index is 499. The van der Waals surface area contributed by atoms with Gasteiger partial charge >= 0.3 is 0 Å². The van der Waals surface area contributed by atoms with Crippen LogP contribution in [0.1, 0.15) is 54.4 Å². The molecular formula is C17H23NO3. The van der Waals surface area contributed by atoms with Gasteiger partial charge in [0.05, 0.1) is 5.60 Å². The molecule has 0 spiro atoms. The van der Waals surface area contributed by atoms with Gasteiger partial charge in [-0.05, 0) is 19.8 Å². The average Bonchev–Trinajstić information content (AvgIpc) is 2.70. The first-order valence-electron chi connectivity index (χ1n) is 7.62. The lowest BCUT2D eigenvalue weighted by Gasteiger charge is -2.26. The highest BCUT2D eigenvalue weighted by atomic mass is 16.3. The topological polar surface area (TPSA) is 66.4 Å². The second-order valence-corrected chi connectivity index (χ2v) is 6.02. The zero-order valence-corrected chi connectivity index (χ0v) is 12.5. The van der Waals surface area contributed by atoms with Gasteiger partial charge in [0.2, 0.25) is 5.78 Å². The van der Waals surface area contributed by atoms with Crippen molar-refractivity contribution in [3.8, 4) is 0 Å². The van der Waals surface area contributed by atoms with E-state index in [0.29, 0.717) is 18.4 Å². The molecule has 1 amide bonds. The molecule has 0 aromatic heterocycles. The number of hydrogen-bond acceptors (Lipinski definition) is 3. The van der Waals surface area contributed by atoms with Crippen molar-refractivity contribution >= 4 is 11.7 Å². The van der Waals surface area contributed by atoms with Crippen LogP contribution in [0.15, 0.2) is 24.3 Å². The SMILES string of the molecule is Cc1ccc(C(=O)C(=O)NCC2(O)CCCCCC2)cc1. The van der Waals surface area contributed by atoms with E-state index in [2.05, 4.69) is 5.32 Å². The average molecular weight is 289 g/mol. The number of hydrogen-bond donors (Lipinski definition) is 2. The third-order valence-electron chi connectivity index (χ3n) is 4.13. The molecule has 2 rings (SSSR count). The summed E-state index contributed by atoms with van der Waals surface area (Å²) in [5, 5.41) is 13.1. The lowest BCUT2D eigenvalue weighted by atomic mass is 9.94. The van der Waals surface area contributed by atoms with Crippen LogP contribution in [-0.2, 0) is 4.79 Å². The molecule has 0 bridgehead atoms. The Hall–Kier alpha value is -1.68. The van der Waals surface area contributed by atoms with Crippen LogP contribution < -0.4 is 5.32 Å². The molecule has 1 aliphatic rings. The number of aryl methyl sites for hydroxylation is 1. The molecule has 1 saturated carbocycles. The number of ketones is 1. The quantitative estimate of drug-likeness (QED) is 0.508. The maximum atomic E-state index is 12.0. The summed E-state index contributed by atoms with van der Waals surface area (Å²) >= 11 is 0. The predicted octanol–water partition coefficient (Wildman–Crippen LogP) is 2.38. The fourth-order valence-electron chi connectivity index (χ4n) is 2.72. The Kier molecular flexibility index (Phi) is 5.12. The van der Waals surface area contributed by atoms with E-state index in [0.717, 1.165) is 31.2 Å². The lowest BCUT2D eigenvalue weighted by molar-refractivity contribution is -0.118. The van der Waals surface area contributed by atoms with Crippen molar-refractivity contribution in [2.45, 2.75) is 51.0 Å². The van der Waals surface area contributed by atoms with Crippen molar-refractivity contribution in [2.75, 3.05) is 6.54 Å². The number of amides is 1. The van der Waals surface area contributed by atoms with Crippen LogP contribution >= 0.6 is 0 Å². The van der Waals surface area contributed by atoms with E-state index in [-0.39, 0.29) is 6.54 Å². The smallest absolute Gasteiger partial charge is 0.292 e. The first-order chi connectivity index (χ1) is 10.0. The molecule has 1 aromatic carbocycles. The molecule has 0 saturated heterocycles. The Morgan fingerprint density at radius 3 is 2.24 bits per heavy atom. The van der Waals surface area contributed by atoms with Gasteiger partial charge in [0.1, 0.15) is 0 Å². The summed E-state index contributed by atoms with van der Waals surface area (Å²) in [6.45, 7) is 2.08. The number of Topliss-reactive ketones (excluding diaryl/α,β-unsaturated/α-hetero) is 1. The standard InChI is InChI=1S/C17H23NO3/c1-13-6-8-14(9-7-13)15(19)16(20)18-12-17(21)10-4-2-3-5-11-17/h6-9,21H,2-5,10-12H2,1H3,(H,18,20). The van der Waals surface area contributed by atoms with Gasteiger partial charge in [0, 0.05) is 12.1 Å². The van der Waals surface area contributed by atoms with Crippen LogP contribution in [0.2, 0.25) is 0 Å². The minimum Gasteiger partial charge on any atom is -0.388 e. The lowest BCUT2D eigenvalue weighted by Crippen LogP contribution is -2.44. The number of benzene rings is 1. The molecule has 4 nitrogen and oxygen atoms in total. The molecule has 0 heterocycles. The summed E-state index contributed by atoms with van der Waals surface area (Å²) in [5.74, 6) is -1.19. The van der Waals surface area contributed by atoms with E-state index in [9.17, 15) is 14.7 Å². The zero-order chi connectivity index (χ0) is 15.3. The van der Waals surface area contributed by atoms with Crippen molar-refractivity contribution in [3.05, 3.63) is 35.4 Å². The summed E-state index contributed by atoms with van der Waals surface area (Å²) in [6.07, 6.45) is 5.56. The van der Waals surface area contributed by atoms with Crippen LogP contribution in [0.5, 0.6) is 0 Å². The minimum atomic E-state index is -0.861. The predicted molar refractivity (Wildman–Crippen MR) is 81.2 cm³/mol. The van der Waals surface area contributed by atoms with Gasteiger partial charge in [-0.2, -0.15) is 0 Å². The molecule has 114 valence electrons. The normalized spacial score (nSPS) is 17.8. The van der Waals surface area contributed by atoms with Crippen molar-refractivity contribution in [3.63, 3.8) is 0 Å². The van der Waals surface area contributed by atoms with E-state index in [4.69, 9.17) is 0 Å². The highest BCUT2D eigenvalue weighted by molar-refractivity contribution is 6.42. The van der Waals surface area contributed by atoms with E-state index in [1.165, 1.54) is 0 Å². The highest BCUT2D eigenvalue weighted by Gasteiger charge is 2.29. The highest BCUT2D eigenvalue weighted by Crippen LogP contribution is 2.26. The summed E-state index contributed by atoms with van der Waals surface area (Å²) < 4.78 is 0. The van der Waals surface area contributed by atoms with Gasteiger partial charge in [-0.25, -0.2) is 0 Å². The second-order valence-electron chi connectivity index (χ2n) is 6.02. The summed E-state index contributed by atoms with van der Waals surface area (Å²) in [7, 11) is 0. The van der Waals surface area contributed by atoms with Crippen molar-refractivity contribution in [2.24, 2.45) is 0 Å². The molecule has 0 atom stereocenters. The van der Waals surface area contributed by atoms with Gasteiger partial charge in [0.25, 0.3) is 5.91 Å². The van der Waals surface area contributed by atoms with E-state index < -0.39 is 17.3 Å². The summed E-state index contributed by atoms with van der Waals surface area (Å²) in [4.78, 5) is 23.9. The molecule has 0 radical (unpaired) electrons. The molecule has 2 N–H and O–H groups in total. The van der Waals surface area contributed by atoms with Crippen molar-refractivity contribution in [1.82, 2.24) is 5.32 Å². The Morgan fingerprint density at radius 2 is 1.67 bits per heavy atom. The van der Waals surface area contributed by atoms with Crippen LogP contribution in [0.3, 0.4) is 0 Å². The first-order valence-corrected chi connectivity index (χ1v) is 7.62. The number of rotatable bonds is 4. The third kappa shape index (κ3) is 4.39. The largest absolute Gasteiger partial charge is 0.388 e. The fourth-order valence-corrected chi connectivity index (χ4v) is 2.72. The van der Waals surface area contributed by atoms with Crippen molar-refractivity contribution < 1.29 is 14.7 Å². The van der Waals surface area contributed by atoms with Gasteiger partial charge in [0.15, 0.2) is 0 Å². The maximum Gasteiger partial charge on any atom is 0.292 e. The third-order valence-corrected chi connectivity index (χ3v) is 4.13. The van der Waals surface area contributed by atoms with Gasteiger partial charge in [-0.15, -0.1) is 0 Å². The van der Waals surface area contributed by atoms with Gasteiger partial charge in [-0.3, -0.25) is 9.59 Å². The van der Waals surface area contributed by atoms with Crippen LogP contribution in [0.25, 0.3) is 0 Å². The molecule has 0 aliphatic heterocycles. The van der Waals surface area contributed by atoms with Crippen molar-refractivity contribution in [1.29, 1.82) is 0 Å². The minimum absolute atomic E-state index is 0.156. The van der Waals surface area contributed by atoms with E-state index in [1.807, 2.05) is 6.92 Å². The second kappa shape index (κ2) is 6.85. The van der Waals surface area contributed by atoms with Gasteiger partial charge in [-0.1, -0.05) is 55.5 Å². The zero-order valence-electron chi connectivity index (χ0n) is 12.5. The Labute approximate surface area is 125 Å². The molecular weight excluding hydrogens is 266 g/mol. The van der Waals surface area contributed by atoms with Crippen LogP contribution in [0.4, 0.5) is 0 Å². The Balaban J connectivity index is 1.91. The van der Waals surface area contributed by atoms with E-state index in [1.54, 1.807) is 24.3 Å². The van der Waals surface area contributed by atoms with Gasteiger partial charge < -0.3 is 10.4 Å². The summed E-state index contributed by atoms with van der Waals surface area (Å²) in [6, 6.07) is 6.91. The van der Waals surface area contributed by atoms with E-state index >= 15 is 0 Å². The summed E-state index contributed by atoms with van der Waals surface area (Å²) in [5.41, 5.74) is 0.561. The molecule has 21 heavy (non-hydrogen) atoms. The molecule has 1 aromatic rings. The molecule has 1 aliphatic carbocycles. The maximum absolute atomic E-state index is 12.0. The molecule has 4 heteroatoms. The molecule has 0 unspecified atom stereocenters. The first kappa shape index (κ1) is 15.7. The number of aliphatic hydroxyl groups is 1. The number of carbonyl (C=O) groups is 2. The number of nitrogens with one attached hydrogen (secondary N) is 1. The molecule has 1 fully saturated rings. The number of carbonyl (C=O) groups excluding carboxylic acids is 2.